The van der Waals surface area contributed by atoms with Crippen molar-refractivity contribution in [1.82, 2.24) is 0 Å². The summed E-state index contributed by atoms with van der Waals surface area (Å²) in [6.45, 7) is 5.80. The Bertz CT molecular complexity index is 1460. The number of nitrogens with one attached hydrogen (secondary N) is 1. The lowest BCUT2D eigenvalue weighted by atomic mass is 10.0. The average molecular weight is 500 g/mol. The highest BCUT2D eigenvalue weighted by Gasteiger charge is 2.14. The van der Waals surface area contributed by atoms with Crippen molar-refractivity contribution in [3.63, 3.8) is 0 Å². The summed E-state index contributed by atoms with van der Waals surface area (Å²) >= 11 is 0. The van der Waals surface area contributed by atoms with E-state index < -0.39 is 11.6 Å². The zero-order valence-corrected chi connectivity index (χ0v) is 21.1. The molecule has 1 aromatic heterocycles. The summed E-state index contributed by atoms with van der Waals surface area (Å²) < 4.78 is 16.3. The van der Waals surface area contributed by atoms with Crippen molar-refractivity contribution < 1.29 is 23.5 Å². The van der Waals surface area contributed by atoms with E-state index in [1.807, 2.05) is 51.1 Å². The van der Waals surface area contributed by atoms with E-state index in [1.54, 1.807) is 30.3 Å². The van der Waals surface area contributed by atoms with E-state index in [-0.39, 0.29) is 19.1 Å². The predicted molar refractivity (Wildman–Crippen MR) is 142 cm³/mol. The number of benzene rings is 3. The molecule has 1 amide bonds. The van der Waals surface area contributed by atoms with Crippen LogP contribution in [-0.4, -0.2) is 18.5 Å². The fourth-order valence-corrected chi connectivity index (χ4v) is 4.09. The van der Waals surface area contributed by atoms with Gasteiger partial charge in [0, 0.05) is 23.2 Å². The molecule has 0 fully saturated rings. The number of fused-ring (bicyclic) bond motifs is 1. The van der Waals surface area contributed by atoms with Crippen LogP contribution in [0.5, 0.6) is 5.75 Å². The Labute approximate surface area is 215 Å². The minimum Gasteiger partial charge on any atom is -0.489 e. The van der Waals surface area contributed by atoms with Crippen molar-refractivity contribution in [3.8, 4) is 5.75 Å². The maximum atomic E-state index is 12.4. The van der Waals surface area contributed by atoms with Crippen LogP contribution in [0.1, 0.15) is 46.5 Å². The van der Waals surface area contributed by atoms with Crippen LogP contribution < -0.4 is 15.7 Å². The lowest BCUT2D eigenvalue weighted by molar-refractivity contribution is -0.119. The Hall–Kier alpha value is -4.39. The number of hydrogen-bond acceptors (Lipinski definition) is 6. The molecule has 7 heteroatoms. The van der Waals surface area contributed by atoms with Gasteiger partial charge in [0.05, 0.1) is 5.56 Å². The summed E-state index contributed by atoms with van der Waals surface area (Å²) in [5.74, 6) is -0.399. The number of ether oxygens (including phenoxy) is 2. The van der Waals surface area contributed by atoms with Gasteiger partial charge < -0.3 is 19.2 Å². The number of para-hydroxylation sites is 1. The van der Waals surface area contributed by atoms with Crippen LogP contribution in [-0.2, 0) is 29.0 Å². The van der Waals surface area contributed by atoms with Crippen molar-refractivity contribution in [2.24, 2.45) is 0 Å². The maximum Gasteiger partial charge on any atom is 0.338 e. The zero-order valence-electron chi connectivity index (χ0n) is 21.1. The van der Waals surface area contributed by atoms with Crippen LogP contribution in [0.2, 0.25) is 0 Å². The molecule has 0 aliphatic rings. The van der Waals surface area contributed by atoms with Crippen LogP contribution in [0.25, 0.3) is 11.0 Å². The van der Waals surface area contributed by atoms with Crippen molar-refractivity contribution >= 4 is 28.5 Å². The molecule has 7 nitrogen and oxygen atoms in total. The SMILES string of the molecule is CCc1cccc(CC)c1NC(=O)COC(=O)c1ccc(COc2ccc3c(C)cc(=O)oc3c2)cc1. The standard InChI is InChI=1S/C30H29NO6/c1-4-21-7-6-8-22(5-2)29(21)31-27(32)18-36-30(34)23-11-9-20(10-12-23)17-35-24-13-14-25-19(3)15-28(33)37-26(25)16-24/h6-16H,4-5,17-18H2,1-3H3,(H,31,32). The fraction of sp³-hybridized carbons (Fsp3) is 0.233. The van der Waals surface area contributed by atoms with E-state index in [1.165, 1.54) is 6.07 Å². The second-order valence-corrected chi connectivity index (χ2v) is 8.67. The first-order valence-corrected chi connectivity index (χ1v) is 12.2. The molecule has 0 aliphatic carbocycles. The maximum absolute atomic E-state index is 12.4. The Morgan fingerprint density at radius 2 is 1.62 bits per heavy atom. The third-order valence-electron chi connectivity index (χ3n) is 6.12. The molecule has 0 aliphatic heterocycles. The van der Waals surface area contributed by atoms with E-state index in [9.17, 15) is 14.4 Å². The smallest absolute Gasteiger partial charge is 0.338 e. The Balaban J connectivity index is 1.32. The summed E-state index contributed by atoms with van der Waals surface area (Å²) in [5, 5.41) is 3.74. The largest absolute Gasteiger partial charge is 0.489 e. The number of esters is 1. The van der Waals surface area contributed by atoms with Gasteiger partial charge in [-0.3, -0.25) is 4.79 Å². The molecule has 4 aromatic rings. The summed E-state index contributed by atoms with van der Waals surface area (Å²) in [4.78, 5) is 36.5. The van der Waals surface area contributed by atoms with Crippen molar-refractivity contribution in [3.05, 3.63) is 105 Å². The number of amides is 1. The van der Waals surface area contributed by atoms with E-state index in [0.29, 0.717) is 16.9 Å². The summed E-state index contributed by atoms with van der Waals surface area (Å²) in [7, 11) is 0. The fourth-order valence-electron chi connectivity index (χ4n) is 4.09. The van der Waals surface area contributed by atoms with Gasteiger partial charge >= 0.3 is 11.6 Å². The molecule has 1 N–H and O–H groups in total. The average Bonchev–Trinajstić information content (AvgIpc) is 2.90. The molecule has 0 radical (unpaired) electrons. The quantitative estimate of drug-likeness (QED) is 0.238. The van der Waals surface area contributed by atoms with Gasteiger partial charge in [0.1, 0.15) is 17.9 Å². The van der Waals surface area contributed by atoms with Gasteiger partial charge in [-0.05, 0) is 66.3 Å². The summed E-state index contributed by atoms with van der Waals surface area (Å²) in [6.07, 6.45) is 1.58. The minimum absolute atomic E-state index is 0.260. The molecule has 0 bridgehead atoms. The van der Waals surface area contributed by atoms with E-state index >= 15 is 0 Å². The molecule has 0 saturated carbocycles. The molecule has 0 spiro atoms. The normalized spacial score (nSPS) is 10.8. The Morgan fingerprint density at radius 3 is 2.30 bits per heavy atom. The molecular weight excluding hydrogens is 470 g/mol. The van der Waals surface area contributed by atoms with Crippen molar-refractivity contribution in [2.45, 2.75) is 40.2 Å². The summed E-state index contributed by atoms with van der Waals surface area (Å²) in [5.41, 5.74) is 4.95. The predicted octanol–water partition coefficient (Wildman–Crippen LogP) is 5.60. The topological polar surface area (TPSA) is 94.8 Å². The highest BCUT2D eigenvalue weighted by molar-refractivity contribution is 5.96. The van der Waals surface area contributed by atoms with Gasteiger partial charge in [-0.15, -0.1) is 0 Å². The molecule has 1 heterocycles. The minimum atomic E-state index is -0.581. The lowest BCUT2D eigenvalue weighted by Crippen LogP contribution is -2.22. The molecule has 190 valence electrons. The molecule has 37 heavy (non-hydrogen) atoms. The number of carbonyl (C=O) groups is 2. The zero-order chi connectivity index (χ0) is 26.4. The molecule has 0 atom stereocenters. The van der Waals surface area contributed by atoms with Crippen LogP contribution in [0.4, 0.5) is 5.69 Å². The third kappa shape index (κ3) is 6.25. The van der Waals surface area contributed by atoms with Crippen LogP contribution >= 0.6 is 0 Å². The van der Waals surface area contributed by atoms with E-state index in [0.717, 1.165) is 46.2 Å². The van der Waals surface area contributed by atoms with Gasteiger partial charge in [-0.2, -0.15) is 0 Å². The molecule has 3 aromatic carbocycles. The monoisotopic (exact) mass is 499 g/mol. The number of hydrogen-bond donors (Lipinski definition) is 1. The van der Waals surface area contributed by atoms with Gasteiger partial charge in [0.15, 0.2) is 6.61 Å². The highest BCUT2D eigenvalue weighted by Crippen LogP contribution is 2.24. The molecular formula is C30H29NO6. The Morgan fingerprint density at radius 1 is 0.919 bits per heavy atom. The Kier molecular flexibility index (Phi) is 8.03. The first kappa shape index (κ1) is 25.7. The van der Waals surface area contributed by atoms with Gasteiger partial charge in [-0.1, -0.05) is 44.2 Å². The van der Waals surface area contributed by atoms with E-state index in [4.69, 9.17) is 13.9 Å². The number of aryl methyl sites for hydroxylation is 3. The van der Waals surface area contributed by atoms with E-state index in [2.05, 4.69) is 5.32 Å². The van der Waals surface area contributed by atoms with Crippen LogP contribution in [0.15, 0.2) is 75.9 Å². The molecule has 4 rings (SSSR count). The lowest BCUT2D eigenvalue weighted by Gasteiger charge is -2.14. The van der Waals surface area contributed by atoms with Crippen molar-refractivity contribution in [1.29, 1.82) is 0 Å². The first-order chi connectivity index (χ1) is 17.9. The number of rotatable bonds is 9. The summed E-state index contributed by atoms with van der Waals surface area (Å²) in [6, 6.07) is 19.5. The van der Waals surface area contributed by atoms with Gasteiger partial charge in [0.2, 0.25) is 0 Å². The van der Waals surface area contributed by atoms with Gasteiger partial charge in [0.25, 0.3) is 5.91 Å². The second-order valence-electron chi connectivity index (χ2n) is 8.67. The first-order valence-electron chi connectivity index (χ1n) is 12.2. The second kappa shape index (κ2) is 11.6. The number of anilines is 1. The van der Waals surface area contributed by atoms with Gasteiger partial charge in [-0.25, -0.2) is 9.59 Å². The highest BCUT2D eigenvalue weighted by atomic mass is 16.5. The number of carbonyl (C=O) groups excluding carboxylic acids is 2. The van der Waals surface area contributed by atoms with Crippen LogP contribution in [0, 0.1) is 6.92 Å². The third-order valence-corrected chi connectivity index (χ3v) is 6.12. The van der Waals surface area contributed by atoms with Crippen molar-refractivity contribution in [2.75, 3.05) is 11.9 Å². The van der Waals surface area contributed by atoms with Crippen LogP contribution in [0.3, 0.4) is 0 Å². The molecule has 0 unspecified atom stereocenters. The molecule has 0 saturated heterocycles.